The van der Waals surface area contributed by atoms with Gasteiger partial charge in [-0.2, -0.15) is 5.26 Å². The minimum atomic E-state index is -1.13. The van der Waals surface area contributed by atoms with Crippen LogP contribution in [-0.2, 0) is 9.05 Å². The summed E-state index contributed by atoms with van der Waals surface area (Å²) in [6.45, 7) is 13.5. The Morgan fingerprint density at radius 1 is 1.11 bits per heavy atom. The van der Waals surface area contributed by atoms with Crippen molar-refractivity contribution in [2.24, 2.45) is 0 Å². The predicted molar refractivity (Wildman–Crippen MR) is 121 cm³/mol. The van der Waals surface area contributed by atoms with E-state index < -0.39 is 8.53 Å². The number of rotatable bonds is 8. The van der Waals surface area contributed by atoms with Crippen LogP contribution in [0.25, 0.3) is 0 Å². The molecule has 0 amide bonds. The van der Waals surface area contributed by atoms with Crippen molar-refractivity contribution in [1.29, 1.82) is 5.26 Å². The lowest BCUT2D eigenvalue weighted by Crippen LogP contribution is -2.38. The third kappa shape index (κ3) is 9.17. The van der Waals surface area contributed by atoms with Crippen LogP contribution in [-0.4, -0.2) is 40.0 Å². The lowest BCUT2D eigenvalue weighted by Gasteiger charge is -2.38. The molecule has 2 unspecified atom stereocenters. The van der Waals surface area contributed by atoms with Crippen molar-refractivity contribution < 1.29 is 9.05 Å². The minimum Gasteiger partial charge on any atom is -0.321 e. The van der Waals surface area contributed by atoms with Crippen molar-refractivity contribution >= 4 is 30.1 Å². The first-order chi connectivity index (χ1) is 12.8. The number of nitriles is 1. The summed E-state index contributed by atoms with van der Waals surface area (Å²) in [6, 6.07) is 14.8. The second-order valence-electron chi connectivity index (χ2n) is 7.27. The molecule has 0 bridgehead atoms. The molecule has 0 aliphatic carbocycles. The molecule has 1 aliphatic heterocycles. The Hall–Kier alpha value is -0.280. The zero-order chi connectivity index (χ0) is 20.3. The van der Waals surface area contributed by atoms with E-state index >= 15 is 0 Å². The maximum absolute atomic E-state index is 8.72. The summed E-state index contributed by atoms with van der Waals surface area (Å²) in [7, 11) is 2.62. The molecule has 1 saturated heterocycles. The van der Waals surface area contributed by atoms with Crippen molar-refractivity contribution in [3.63, 3.8) is 0 Å². The average molecular weight is 429 g/mol. The standard InChI is InChI=1S/C14H27N2O2PS2.C6H6/c1-11(2)16(12(3)4)19(17-9-7-8-15)18-13-10-20-21-14(13,5)6;1-2-4-6-5-3-1/h11-13H,7,9-10H2,1-6H3;1-6H. The van der Waals surface area contributed by atoms with E-state index in [1.165, 1.54) is 0 Å². The van der Waals surface area contributed by atoms with Gasteiger partial charge in [0, 0.05) is 22.6 Å². The molecule has 4 nitrogen and oxygen atoms in total. The molecule has 1 fully saturated rings. The molecule has 1 aromatic rings. The smallest absolute Gasteiger partial charge is 0.259 e. The van der Waals surface area contributed by atoms with Crippen LogP contribution in [0.1, 0.15) is 48.0 Å². The third-order valence-corrected chi connectivity index (χ3v) is 9.25. The zero-order valence-corrected chi connectivity index (χ0v) is 19.8. The molecular formula is C20H33N2O2PS2. The molecule has 1 heterocycles. The maximum Gasteiger partial charge on any atom is 0.259 e. The number of benzene rings is 1. The first-order valence-corrected chi connectivity index (χ1v) is 12.8. The van der Waals surface area contributed by atoms with Crippen molar-refractivity contribution in [1.82, 2.24) is 4.67 Å². The van der Waals surface area contributed by atoms with E-state index in [-0.39, 0.29) is 10.9 Å². The highest BCUT2D eigenvalue weighted by atomic mass is 33.1. The second-order valence-corrected chi connectivity index (χ2v) is 11.7. The molecular weight excluding hydrogens is 395 g/mol. The van der Waals surface area contributed by atoms with E-state index in [2.05, 4.69) is 52.3 Å². The fourth-order valence-corrected chi connectivity index (χ4v) is 7.61. The third-order valence-electron chi connectivity index (χ3n) is 3.81. The van der Waals surface area contributed by atoms with E-state index in [1.54, 1.807) is 0 Å². The van der Waals surface area contributed by atoms with E-state index in [4.69, 9.17) is 14.3 Å². The van der Waals surface area contributed by atoms with Crippen LogP contribution in [0.5, 0.6) is 0 Å². The van der Waals surface area contributed by atoms with Gasteiger partial charge in [0.05, 0.1) is 25.2 Å². The van der Waals surface area contributed by atoms with Gasteiger partial charge < -0.3 is 9.05 Å². The quantitative estimate of drug-likeness (QED) is 0.267. The summed E-state index contributed by atoms with van der Waals surface area (Å²) in [6.07, 6.45) is 0.588. The van der Waals surface area contributed by atoms with Crippen LogP contribution in [0.2, 0.25) is 0 Å². The molecule has 0 radical (unpaired) electrons. The summed E-state index contributed by atoms with van der Waals surface area (Å²) < 4.78 is 14.7. The van der Waals surface area contributed by atoms with Crippen LogP contribution in [0.4, 0.5) is 0 Å². The molecule has 2 atom stereocenters. The van der Waals surface area contributed by atoms with Crippen LogP contribution in [0.3, 0.4) is 0 Å². The molecule has 0 saturated carbocycles. The van der Waals surface area contributed by atoms with E-state index in [0.717, 1.165) is 5.75 Å². The molecule has 1 aliphatic rings. The van der Waals surface area contributed by atoms with Crippen molar-refractivity contribution in [2.75, 3.05) is 12.4 Å². The van der Waals surface area contributed by atoms with Gasteiger partial charge >= 0.3 is 0 Å². The molecule has 152 valence electrons. The molecule has 1 aromatic carbocycles. The monoisotopic (exact) mass is 428 g/mol. The number of hydrogen-bond acceptors (Lipinski definition) is 6. The predicted octanol–water partition coefficient (Wildman–Crippen LogP) is 6.51. The van der Waals surface area contributed by atoms with Gasteiger partial charge in [-0.15, -0.1) is 0 Å². The molecule has 27 heavy (non-hydrogen) atoms. The summed E-state index contributed by atoms with van der Waals surface area (Å²) in [4.78, 5) is 0. The Bertz CT molecular complexity index is 518. The molecule has 2 rings (SSSR count). The highest BCUT2D eigenvalue weighted by Gasteiger charge is 2.41. The van der Waals surface area contributed by atoms with Crippen LogP contribution in [0.15, 0.2) is 36.4 Å². The van der Waals surface area contributed by atoms with Crippen LogP contribution in [0, 0.1) is 11.3 Å². The first-order valence-electron chi connectivity index (χ1n) is 9.35. The topological polar surface area (TPSA) is 45.5 Å². The van der Waals surface area contributed by atoms with Crippen LogP contribution < -0.4 is 0 Å². The molecule has 0 N–H and O–H groups in total. The van der Waals surface area contributed by atoms with Crippen molar-refractivity contribution in [3.05, 3.63) is 36.4 Å². The van der Waals surface area contributed by atoms with E-state index in [9.17, 15) is 0 Å². The van der Waals surface area contributed by atoms with Gasteiger partial charge in [0.15, 0.2) is 0 Å². The lowest BCUT2D eigenvalue weighted by molar-refractivity contribution is 0.129. The van der Waals surface area contributed by atoms with Gasteiger partial charge in [-0.25, -0.2) is 4.67 Å². The Kier molecular flexibility index (Phi) is 12.0. The normalized spacial score (nSPS) is 19.6. The highest BCUT2D eigenvalue weighted by Crippen LogP contribution is 2.55. The van der Waals surface area contributed by atoms with Gasteiger partial charge in [0.2, 0.25) is 0 Å². The summed E-state index contributed by atoms with van der Waals surface area (Å²) in [5.74, 6) is 0.988. The largest absolute Gasteiger partial charge is 0.321 e. The fraction of sp³-hybridized carbons (Fsp3) is 0.650. The van der Waals surface area contributed by atoms with Gasteiger partial charge in [-0.3, -0.25) is 0 Å². The summed E-state index contributed by atoms with van der Waals surface area (Å²) in [5.41, 5.74) is 0. The van der Waals surface area contributed by atoms with E-state index in [0.29, 0.717) is 25.1 Å². The van der Waals surface area contributed by atoms with Gasteiger partial charge in [-0.05, 0) is 41.5 Å². The maximum atomic E-state index is 8.72. The Balaban J connectivity index is 0.000000511. The van der Waals surface area contributed by atoms with Gasteiger partial charge in [0.1, 0.15) is 0 Å². The Morgan fingerprint density at radius 2 is 1.63 bits per heavy atom. The highest BCUT2D eigenvalue weighted by molar-refractivity contribution is 8.77. The minimum absolute atomic E-state index is 0.101. The Labute approximate surface area is 174 Å². The summed E-state index contributed by atoms with van der Waals surface area (Å²) in [5, 5.41) is 8.72. The fourth-order valence-electron chi connectivity index (χ4n) is 2.45. The lowest BCUT2D eigenvalue weighted by atomic mass is 10.1. The number of nitrogens with zero attached hydrogens (tertiary/aromatic N) is 2. The van der Waals surface area contributed by atoms with Gasteiger partial charge in [0.25, 0.3) is 8.53 Å². The molecule has 0 spiro atoms. The second kappa shape index (κ2) is 13.0. The van der Waals surface area contributed by atoms with Crippen molar-refractivity contribution in [2.45, 2.75) is 70.9 Å². The van der Waals surface area contributed by atoms with E-state index in [1.807, 2.05) is 58.0 Å². The SMILES string of the molecule is CC(C)N(C(C)C)P(OCCC#N)OC1CSSC1(C)C.c1ccccc1. The molecule has 7 heteroatoms. The molecule has 0 aromatic heterocycles. The first kappa shape index (κ1) is 24.8. The van der Waals surface area contributed by atoms with Crippen molar-refractivity contribution in [3.8, 4) is 6.07 Å². The zero-order valence-electron chi connectivity index (χ0n) is 17.3. The van der Waals surface area contributed by atoms with Gasteiger partial charge in [-0.1, -0.05) is 58.0 Å². The average Bonchev–Trinajstić information content (AvgIpc) is 2.95. The number of hydrogen-bond donors (Lipinski definition) is 0. The summed E-state index contributed by atoms with van der Waals surface area (Å²) >= 11 is 0. The Morgan fingerprint density at radius 3 is 2.00 bits per heavy atom. The van der Waals surface area contributed by atoms with Crippen LogP contribution >= 0.6 is 30.1 Å².